The van der Waals surface area contributed by atoms with Gasteiger partial charge in [-0.05, 0) is 162 Å². The molecule has 0 heterocycles. The number of hydrogen-bond acceptors (Lipinski definition) is 7. The third kappa shape index (κ3) is 4.87. The lowest BCUT2D eigenvalue weighted by Crippen LogP contribution is -2.59. The molecule has 14 rings (SSSR count). The Morgan fingerprint density at radius 2 is 0.870 bits per heavy atom. The molecule has 12 aliphatic rings. The van der Waals surface area contributed by atoms with Gasteiger partial charge in [-0.25, -0.2) is 17.2 Å². The predicted molar refractivity (Wildman–Crippen MR) is 185 cm³/mol. The van der Waals surface area contributed by atoms with Crippen LogP contribution in [0.5, 0.6) is 11.5 Å². The van der Waals surface area contributed by atoms with Crippen molar-refractivity contribution in [3.63, 3.8) is 0 Å². The highest BCUT2D eigenvalue weighted by molar-refractivity contribution is 7.85. The zero-order chi connectivity index (χ0) is 37.6. The molecule has 6 unspecified atom stereocenters. The van der Waals surface area contributed by atoms with Gasteiger partial charge in [-0.15, -0.1) is 0 Å². The van der Waals surface area contributed by atoms with Crippen LogP contribution in [-0.4, -0.2) is 45.1 Å². The highest BCUT2D eigenvalue weighted by Crippen LogP contribution is 2.69. The molecule has 0 saturated heterocycles. The maximum Gasteiger partial charge on any atom is 0.205 e. The van der Waals surface area contributed by atoms with E-state index in [9.17, 15) is 28.3 Å². The Bertz CT molecular complexity index is 1990. The molecular weight excluding hydrogens is 725 g/mol. The van der Waals surface area contributed by atoms with E-state index in [0.717, 1.165) is 50.5 Å². The number of aliphatic hydroxyl groups is 3. The second kappa shape index (κ2) is 10.6. The molecule has 292 valence electrons. The molecule has 54 heavy (non-hydrogen) atoms. The Balaban J connectivity index is 1.19. The van der Waals surface area contributed by atoms with Crippen LogP contribution in [0.1, 0.15) is 132 Å². The van der Waals surface area contributed by atoms with Crippen LogP contribution in [0.2, 0.25) is 0 Å². The van der Waals surface area contributed by atoms with Gasteiger partial charge in [-0.3, -0.25) is 0 Å². The Kier molecular flexibility index (Phi) is 6.88. The Hall–Kier alpha value is -2.25. The first-order chi connectivity index (χ1) is 25.3. The predicted octanol–water partition coefficient (Wildman–Crippen LogP) is 7.69. The van der Waals surface area contributed by atoms with Crippen molar-refractivity contribution in [3.05, 3.63) is 52.1 Å². The smallest absolute Gasteiger partial charge is 0.205 e. The molecule has 6 atom stereocenters. The minimum absolute atomic E-state index is 0.0626. The van der Waals surface area contributed by atoms with E-state index in [0.29, 0.717) is 93.6 Å². The zero-order valence-electron chi connectivity index (χ0n) is 30.2. The van der Waals surface area contributed by atoms with Crippen LogP contribution in [0.25, 0.3) is 0 Å². The molecule has 12 aliphatic carbocycles. The van der Waals surface area contributed by atoms with Crippen molar-refractivity contribution >= 4 is 10.1 Å². The molecule has 12 bridgehead atoms. The van der Waals surface area contributed by atoms with E-state index in [1.54, 1.807) is 0 Å². The second-order valence-electron chi connectivity index (χ2n) is 20.8. The highest BCUT2D eigenvalue weighted by atomic mass is 32.2. The van der Waals surface area contributed by atoms with Crippen molar-refractivity contribution in [2.75, 3.05) is 0 Å². The first kappa shape index (κ1) is 35.0. The molecule has 0 aromatic heterocycles. The quantitative estimate of drug-likeness (QED) is 0.156. The fourth-order valence-electron chi connectivity index (χ4n) is 16.4. The summed E-state index contributed by atoms with van der Waals surface area (Å²) < 4.78 is 105. The summed E-state index contributed by atoms with van der Waals surface area (Å²) in [5, 5.41) is 36.0. The maximum atomic E-state index is 16.0. The maximum absolute atomic E-state index is 16.0. The monoisotopic (exact) mass is 771 g/mol. The third-order valence-corrected chi connectivity index (χ3v) is 17.4. The average Bonchev–Trinajstić information content (AvgIpc) is 3.01. The minimum Gasteiger partial charge on any atom is -0.744 e. The molecule has 7 nitrogen and oxygen atoms in total. The van der Waals surface area contributed by atoms with Gasteiger partial charge in [0.15, 0.2) is 11.6 Å². The molecular formula is C42H47F4O7S-. The van der Waals surface area contributed by atoms with E-state index in [1.165, 1.54) is 0 Å². The molecule has 12 heteroatoms. The van der Waals surface area contributed by atoms with Gasteiger partial charge >= 0.3 is 0 Å². The Morgan fingerprint density at radius 1 is 0.537 bits per heavy atom. The lowest BCUT2D eigenvalue weighted by molar-refractivity contribution is -0.139. The van der Waals surface area contributed by atoms with Gasteiger partial charge in [0.1, 0.15) is 20.8 Å². The van der Waals surface area contributed by atoms with E-state index in [-0.39, 0.29) is 34.8 Å². The van der Waals surface area contributed by atoms with Crippen LogP contribution < -0.4 is 4.74 Å². The summed E-state index contributed by atoms with van der Waals surface area (Å²) in [7, 11) is -5.93. The molecule has 0 amide bonds. The largest absolute Gasteiger partial charge is 0.744 e. The van der Waals surface area contributed by atoms with Crippen LogP contribution in [0.4, 0.5) is 17.6 Å². The highest BCUT2D eigenvalue weighted by Gasteiger charge is 2.63. The van der Waals surface area contributed by atoms with Crippen molar-refractivity contribution in [1.82, 2.24) is 0 Å². The number of rotatable bonds is 6. The first-order valence-corrected chi connectivity index (χ1v) is 21.6. The number of hydrogen-bond donors (Lipinski definition) is 3. The summed E-state index contributed by atoms with van der Waals surface area (Å²) in [5.74, 6) is -8.80. The van der Waals surface area contributed by atoms with Gasteiger partial charge < -0.3 is 24.6 Å². The fourth-order valence-corrected chi connectivity index (χ4v) is 17.1. The summed E-state index contributed by atoms with van der Waals surface area (Å²) in [4.78, 5) is -2.23. The van der Waals surface area contributed by atoms with Gasteiger partial charge in [0.25, 0.3) is 0 Å². The summed E-state index contributed by atoms with van der Waals surface area (Å²) in [6, 6.07) is 4.14. The van der Waals surface area contributed by atoms with Crippen molar-refractivity contribution < 1.29 is 50.6 Å². The van der Waals surface area contributed by atoms with E-state index < -0.39 is 71.7 Å². The van der Waals surface area contributed by atoms with E-state index in [1.807, 2.05) is 0 Å². The van der Waals surface area contributed by atoms with Crippen LogP contribution >= 0.6 is 0 Å². The molecule has 2 aromatic carbocycles. The van der Waals surface area contributed by atoms with Crippen molar-refractivity contribution in [3.8, 4) is 11.5 Å². The number of benzene rings is 2. The van der Waals surface area contributed by atoms with E-state index in [4.69, 9.17) is 4.74 Å². The van der Waals surface area contributed by atoms with E-state index in [2.05, 4.69) is 12.1 Å². The van der Waals surface area contributed by atoms with Crippen LogP contribution in [0.3, 0.4) is 0 Å². The van der Waals surface area contributed by atoms with Crippen LogP contribution in [0, 0.1) is 58.8 Å². The average molecular weight is 772 g/mol. The summed E-state index contributed by atoms with van der Waals surface area (Å²) in [5.41, 5.74) is -2.19. The SMILES string of the molecule is O=S(=O)([O-])c1c(F)c(F)c(Oc2c(C34CC5CC(CC(O)(C5)C3)C4)cc(C34CC5CC(CC(O)(C5)C3)C4)cc2C23CC4CC(CC(O)(C4)C2)C3)c(F)c1F. The number of ether oxygens (including phenoxy) is 1. The minimum atomic E-state index is -5.93. The standard InChI is InChI=1S/C42H48F4O7S/c43-30-32(45)36(54(50,51)52)33(46)31(44)35(30)53-34-28(38-8-23-2-24(9-38)15-41(48,14-23)19-38)4-27(37-6-21-1-22(7-37)13-40(47,12-21)18-37)5-29(34)39-10-25-3-26(11-39)17-42(49,16-25)20-39/h4-5,21-26,47-49H,1-3,6-20H2,(H,50,51,52)/p-1. The lowest BCUT2D eigenvalue weighted by atomic mass is 9.43. The van der Waals surface area contributed by atoms with Crippen molar-refractivity contribution in [2.24, 2.45) is 35.5 Å². The van der Waals surface area contributed by atoms with E-state index >= 15 is 17.6 Å². The molecule has 12 fully saturated rings. The Morgan fingerprint density at radius 3 is 1.20 bits per heavy atom. The summed E-state index contributed by atoms with van der Waals surface area (Å²) in [6.07, 6.45) is 13.0. The molecule has 3 N–H and O–H groups in total. The Labute approximate surface area is 312 Å². The topological polar surface area (TPSA) is 127 Å². The lowest BCUT2D eigenvalue weighted by Gasteiger charge is -2.63. The van der Waals surface area contributed by atoms with Gasteiger partial charge in [-0.1, -0.05) is 12.1 Å². The zero-order valence-corrected chi connectivity index (χ0v) is 31.1. The van der Waals surface area contributed by atoms with Crippen molar-refractivity contribution in [2.45, 2.75) is 154 Å². The summed E-state index contributed by atoms with van der Waals surface area (Å²) in [6.45, 7) is 0. The number of halogens is 4. The molecule has 0 aliphatic heterocycles. The van der Waals surface area contributed by atoms with Crippen LogP contribution in [-0.2, 0) is 26.4 Å². The molecule has 12 saturated carbocycles. The third-order valence-electron chi connectivity index (χ3n) is 16.6. The second-order valence-corrected chi connectivity index (χ2v) is 22.1. The van der Waals surface area contributed by atoms with Gasteiger partial charge in [0.2, 0.25) is 17.4 Å². The van der Waals surface area contributed by atoms with Gasteiger partial charge in [0, 0.05) is 22.0 Å². The molecule has 0 radical (unpaired) electrons. The summed E-state index contributed by atoms with van der Waals surface area (Å²) >= 11 is 0. The van der Waals surface area contributed by atoms with Gasteiger partial charge in [0.05, 0.1) is 16.8 Å². The first-order valence-electron chi connectivity index (χ1n) is 20.2. The molecule has 2 aromatic rings. The fraction of sp³-hybridized carbons (Fsp3) is 0.714. The van der Waals surface area contributed by atoms with Crippen molar-refractivity contribution in [1.29, 1.82) is 0 Å². The molecule has 0 spiro atoms. The normalized spacial score (nSPS) is 46.5. The van der Waals surface area contributed by atoms with Gasteiger partial charge in [-0.2, -0.15) is 8.78 Å². The van der Waals surface area contributed by atoms with Crippen LogP contribution in [0.15, 0.2) is 17.0 Å².